The van der Waals surface area contributed by atoms with E-state index in [1.807, 2.05) is 0 Å². The summed E-state index contributed by atoms with van der Waals surface area (Å²) < 4.78 is 4.92. The van der Waals surface area contributed by atoms with Crippen LogP contribution in [0.3, 0.4) is 0 Å². The molecule has 0 aliphatic heterocycles. The Morgan fingerprint density at radius 3 is 2.80 bits per heavy atom. The number of amides is 1. The van der Waals surface area contributed by atoms with E-state index in [0.29, 0.717) is 27.4 Å². The molecule has 1 amide bonds. The summed E-state index contributed by atoms with van der Waals surface area (Å²) in [4.78, 5) is 25.7. The van der Waals surface area contributed by atoms with Crippen molar-refractivity contribution in [1.29, 1.82) is 0 Å². The second-order valence-corrected chi connectivity index (χ2v) is 4.57. The highest BCUT2D eigenvalue weighted by molar-refractivity contribution is 6.33. The molecule has 20 heavy (non-hydrogen) atoms. The van der Waals surface area contributed by atoms with Crippen LogP contribution in [-0.2, 0) is 0 Å². The molecule has 6 heteroatoms. The van der Waals surface area contributed by atoms with Crippen LogP contribution in [0.2, 0.25) is 5.02 Å². The fourth-order valence-electron chi connectivity index (χ4n) is 1.84. The van der Waals surface area contributed by atoms with Crippen LogP contribution in [0.25, 0.3) is 11.1 Å². The third kappa shape index (κ3) is 2.31. The summed E-state index contributed by atoms with van der Waals surface area (Å²) in [5, 5.41) is 3.15. The number of fused-ring (bicyclic) bond motifs is 1. The van der Waals surface area contributed by atoms with E-state index in [1.54, 1.807) is 36.4 Å². The first-order valence-corrected chi connectivity index (χ1v) is 6.20. The lowest BCUT2D eigenvalue weighted by Gasteiger charge is -2.06. The van der Waals surface area contributed by atoms with Gasteiger partial charge in [-0.15, -0.1) is 0 Å². The minimum absolute atomic E-state index is 0.330. The standard InChI is InChI=1S/C14H9ClN2O3/c15-9-3-1-2-4-10(9)16-13(18)8-5-6-11-12(7-8)20-14(19)17-11/h1-7H,(H,16,18)(H,17,19). The maximum atomic E-state index is 12.1. The second-order valence-electron chi connectivity index (χ2n) is 4.16. The molecule has 0 saturated carbocycles. The number of halogens is 1. The Morgan fingerprint density at radius 2 is 2.00 bits per heavy atom. The summed E-state index contributed by atoms with van der Waals surface area (Å²) in [5.74, 6) is -0.882. The molecular weight excluding hydrogens is 280 g/mol. The van der Waals surface area contributed by atoms with Crippen LogP contribution in [0.5, 0.6) is 0 Å². The van der Waals surface area contributed by atoms with Crippen LogP contribution in [0, 0.1) is 0 Å². The van der Waals surface area contributed by atoms with Crippen molar-refractivity contribution in [2.45, 2.75) is 0 Å². The smallest absolute Gasteiger partial charge is 0.408 e. The fourth-order valence-corrected chi connectivity index (χ4v) is 2.03. The van der Waals surface area contributed by atoms with Gasteiger partial charge in [0, 0.05) is 5.56 Å². The summed E-state index contributed by atoms with van der Waals surface area (Å²) in [6, 6.07) is 11.6. The maximum Gasteiger partial charge on any atom is 0.417 e. The maximum absolute atomic E-state index is 12.1. The van der Waals surface area contributed by atoms with Gasteiger partial charge in [-0.3, -0.25) is 9.78 Å². The number of aromatic amines is 1. The van der Waals surface area contributed by atoms with Crippen molar-refractivity contribution >= 4 is 34.3 Å². The third-order valence-corrected chi connectivity index (χ3v) is 3.13. The number of anilines is 1. The minimum Gasteiger partial charge on any atom is -0.408 e. The molecule has 0 spiro atoms. The number of benzene rings is 2. The summed E-state index contributed by atoms with van der Waals surface area (Å²) in [7, 11) is 0. The van der Waals surface area contributed by atoms with Crippen molar-refractivity contribution in [2.75, 3.05) is 5.32 Å². The molecule has 3 rings (SSSR count). The SMILES string of the molecule is O=C(Nc1ccccc1Cl)c1ccc2[nH]c(=O)oc2c1. The number of aromatic nitrogens is 1. The lowest BCUT2D eigenvalue weighted by atomic mass is 10.2. The lowest BCUT2D eigenvalue weighted by Crippen LogP contribution is -2.11. The second kappa shape index (κ2) is 4.86. The molecule has 0 radical (unpaired) electrons. The Labute approximate surface area is 118 Å². The Bertz CT molecular complexity index is 851. The van der Waals surface area contributed by atoms with E-state index in [2.05, 4.69) is 10.3 Å². The predicted molar refractivity (Wildman–Crippen MR) is 76.2 cm³/mol. The van der Waals surface area contributed by atoms with Crippen molar-refractivity contribution in [3.8, 4) is 0 Å². The van der Waals surface area contributed by atoms with E-state index in [-0.39, 0.29) is 5.91 Å². The Kier molecular flexibility index (Phi) is 3.04. The van der Waals surface area contributed by atoms with Crippen LogP contribution < -0.4 is 11.1 Å². The van der Waals surface area contributed by atoms with Gasteiger partial charge in [0.1, 0.15) is 0 Å². The number of H-pyrrole nitrogens is 1. The molecule has 0 aliphatic rings. The van der Waals surface area contributed by atoms with E-state index in [4.69, 9.17) is 16.0 Å². The van der Waals surface area contributed by atoms with Gasteiger partial charge in [-0.25, -0.2) is 4.79 Å². The number of carbonyl (C=O) groups excluding carboxylic acids is 1. The van der Waals surface area contributed by atoms with Crippen molar-refractivity contribution in [3.05, 3.63) is 63.6 Å². The van der Waals surface area contributed by atoms with Gasteiger partial charge >= 0.3 is 5.76 Å². The molecule has 1 aromatic heterocycles. The third-order valence-electron chi connectivity index (χ3n) is 2.81. The van der Waals surface area contributed by atoms with Crippen LogP contribution in [0.1, 0.15) is 10.4 Å². The van der Waals surface area contributed by atoms with Crippen LogP contribution >= 0.6 is 11.6 Å². The first kappa shape index (κ1) is 12.5. The molecule has 0 saturated heterocycles. The van der Waals surface area contributed by atoms with Gasteiger partial charge in [0.2, 0.25) is 0 Å². The highest BCUT2D eigenvalue weighted by atomic mass is 35.5. The first-order valence-electron chi connectivity index (χ1n) is 5.82. The molecule has 0 fully saturated rings. The van der Waals surface area contributed by atoms with Gasteiger partial charge < -0.3 is 9.73 Å². The minimum atomic E-state index is -0.552. The molecule has 0 atom stereocenters. The Hall–Kier alpha value is -2.53. The molecular formula is C14H9ClN2O3. The van der Waals surface area contributed by atoms with Crippen LogP contribution in [-0.4, -0.2) is 10.9 Å². The summed E-state index contributed by atoms with van der Waals surface area (Å²) >= 11 is 5.97. The van der Waals surface area contributed by atoms with Gasteiger partial charge in [0.25, 0.3) is 5.91 Å². The van der Waals surface area contributed by atoms with Gasteiger partial charge in [0.05, 0.1) is 16.2 Å². The summed E-state index contributed by atoms with van der Waals surface area (Å²) in [6.45, 7) is 0. The quantitative estimate of drug-likeness (QED) is 0.761. The van der Waals surface area contributed by atoms with E-state index in [1.165, 1.54) is 6.07 Å². The highest BCUT2D eigenvalue weighted by Gasteiger charge is 2.10. The number of nitrogens with one attached hydrogen (secondary N) is 2. The molecule has 0 unspecified atom stereocenters. The average molecular weight is 289 g/mol. The van der Waals surface area contributed by atoms with Gasteiger partial charge in [-0.1, -0.05) is 23.7 Å². The zero-order valence-electron chi connectivity index (χ0n) is 10.1. The van der Waals surface area contributed by atoms with Gasteiger partial charge in [-0.05, 0) is 30.3 Å². The first-order chi connectivity index (χ1) is 9.63. The van der Waals surface area contributed by atoms with Crippen LogP contribution in [0.4, 0.5) is 5.69 Å². The van der Waals surface area contributed by atoms with E-state index in [0.717, 1.165) is 0 Å². The molecule has 5 nitrogen and oxygen atoms in total. The molecule has 0 bridgehead atoms. The largest absolute Gasteiger partial charge is 0.417 e. The van der Waals surface area contributed by atoms with E-state index in [9.17, 15) is 9.59 Å². The molecule has 0 aliphatic carbocycles. The molecule has 3 aromatic rings. The van der Waals surface area contributed by atoms with Crippen molar-refractivity contribution in [3.63, 3.8) is 0 Å². The average Bonchev–Trinajstić information content (AvgIpc) is 2.80. The summed E-state index contributed by atoms with van der Waals surface area (Å²) in [5.41, 5.74) is 1.78. The molecule has 2 N–H and O–H groups in total. The zero-order valence-corrected chi connectivity index (χ0v) is 10.9. The Balaban J connectivity index is 1.92. The number of hydrogen-bond donors (Lipinski definition) is 2. The topological polar surface area (TPSA) is 75.1 Å². The summed E-state index contributed by atoms with van der Waals surface area (Å²) in [6.07, 6.45) is 0. The normalized spacial score (nSPS) is 10.7. The number of rotatable bonds is 2. The number of oxazole rings is 1. The fraction of sp³-hybridized carbons (Fsp3) is 0. The Morgan fingerprint density at radius 1 is 1.20 bits per heavy atom. The predicted octanol–water partition coefficient (Wildman–Crippen LogP) is 3.03. The monoisotopic (exact) mass is 288 g/mol. The van der Waals surface area contributed by atoms with Crippen molar-refractivity contribution in [1.82, 2.24) is 4.98 Å². The number of hydrogen-bond acceptors (Lipinski definition) is 3. The van der Waals surface area contributed by atoms with Crippen molar-refractivity contribution < 1.29 is 9.21 Å². The van der Waals surface area contributed by atoms with Crippen molar-refractivity contribution in [2.24, 2.45) is 0 Å². The number of para-hydroxylation sites is 1. The zero-order chi connectivity index (χ0) is 14.1. The van der Waals surface area contributed by atoms with Gasteiger partial charge in [0.15, 0.2) is 5.58 Å². The van der Waals surface area contributed by atoms with Crippen LogP contribution in [0.15, 0.2) is 51.7 Å². The highest BCUT2D eigenvalue weighted by Crippen LogP contribution is 2.21. The number of carbonyl (C=O) groups is 1. The van der Waals surface area contributed by atoms with E-state index >= 15 is 0 Å². The molecule has 1 heterocycles. The molecule has 2 aromatic carbocycles. The lowest BCUT2D eigenvalue weighted by molar-refractivity contribution is 0.102. The molecule has 100 valence electrons. The van der Waals surface area contributed by atoms with E-state index < -0.39 is 5.76 Å². The van der Waals surface area contributed by atoms with Gasteiger partial charge in [-0.2, -0.15) is 0 Å².